The molecule has 0 bridgehead atoms. The number of carboxylic acid groups (broad SMARTS) is 1. The highest BCUT2D eigenvalue weighted by atomic mass is 16.4. The monoisotopic (exact) mass is 446 g/mol. The van der Waals surface area contributed by atoms with Crippen LogP contribution in [0.4, 0.5) is 0 Å². The van der Waals surface area contributed by atoms with Gasteiger partial charge in [0.05, 0.1) is 0 Å². The van der Waals surface area contributed by atoms with Gasteiger partial charge in [-0.1, -0.05) is 71.4 Å². The summed E-state index contributed by atoms with van der Waals surface area (Å²) in [6, 6.07) is 8.30. The topological polar surface area (TPSA) is 86.7 Å². The summed E-state index contributed by atoms with van der Waals surface area (Å²) in [6.07, 6.45) is 4.14. The highest BCUT2D eigenvalue weighted by molar-refractivity contribution is 5.85. The van der Waals surface area contributed by atoms with E-state index in [1.54, 1.807) is 6.92 Å². The summed E-state index contributed by atoms with van der Waals surface area (Å²) in [5.74, 6) is -0.463. The first-order chi connectivity index (χ1) is 15.2. The Morgan fingerprint density at radius 3 is 2.19 bits per heavy atom. The zero-order valence-corrected chi connectivity index (χ0v) is 20.5. The fourth-order valence-electron chi connectivity index (χ4n) is 3.67. The average Bonchev–Trinajstić information content (AvgIpc) is 2.79. The molecule has 0 aliphatic carbocycles. The molecule has 2 N–H and O–H groups in total. The van der Waals surface area contributed by atoms with Crippen LogP contribution >= 0.6 is 0 Å². The van der Waals surface area contributed by atoms with E-state index >= 15 is 0 Å². The fraction of sp³-hybridized carbons (Fsp3) is 0.654. The summed E-state index contributed by atoms with van der Waals surface area (Å²) >= 11 is 0. The Bertz CT molecular complexity index is 707. The van der Waals surface area contributed by atoms with Crippen LogP contribution in [0.25, 0.3) is 0 Å². The third-order valence-corrected chi connectivity index (χ3v) is 6.45. The van der Waals surface area contributed by atoms with Crippen LogP contribution < -0.4 is 5.32 Å². The minimum Gasteiger partial charge on any atom is -0.480 e. The summed E-state index contributed by atoms with van der Waals surface area (Å²) in [6.45, 7) is 11.6. The first kappa shape index (κ1) is 27.7. The Kier molecular flexibility index (Phi) is 12.7. The quantitative estimate of drug-likeness (QED) is 0.414. The van der Waals surface area contributed by atoms with Gasteiger partial charge >= 0.3 is 5.97 Å². The van der Waals surface area contributed by atoms with Crippen LogP contribution in [-0.2, 0) is 20.8 Å². The van der Waals surface area contributed by atoms with Crippen molar-refractivity contribution >= 4 is 17.8 Å². The van der Waals surface area contributed by atoms with Gasteiger partial charge in [-0.05, 0) is 36.7 Å². The molecule has 0 saturated carbocycles. The fourth-order valence-corrected chi connectivity index (χ4v) is 3.67. The molecular formula is C26H42N2O4. The summed E-state index contributed by atoms with van der Waals surface area (Å²) < 4.78 is 0. The molecule has 0 aliphatic heterocycles. The van der Waals surface area contributed by atoms with E-state index in [2.05, 4.69) is 26.1 Å². The second-order valence-corrected chi connectivity index (χ2v) is 9.06. The number of nitrogens with one attached hydrogen (secondary N) is 1. The van der Waals surface area contributed by atoms with Crippen molar-refractivity contribution in [2.45, 2.75) is 79.2 Å². The lowest BCUT2D eigenvalue weighted by Crippen LogP contribution is -2.45. The lowest BCUT2D eigenvalue weighted by atomic mass is 9.89. The average molecular weight is 447 g/mol. The molecule has 32 heavy (non-hydrogen) atoms. The van der Waals surface area contributed by atoms with Gasteiger partial charge in [-0.2, -0.15) is 0 Å². The predicted molar refractivity (Wildman–Crippen MR) is 128 cm³/mol. The number of hydrogen-bond donors (Lipinski definition) is 2. The summed E-state index contributed by atoms with van der Waals surface area (Å²) in [4.78, 5) is 38.9. The van der Waals surface area contributed by atoms with Crippen LogP contribution in [-0.4, -0.2) is 46.9 Å². The molecule has 6 heteroatoms. The Morgan fingerprint density at radius 2 is 1.62 bits per heavy atom. The van der Waals surface area contributed by atoms with Gasteiger partial charge < -0.3 is 15.3 Å². The molecule has 1 rings (SSSR count). The van der Waals surface area contributed by atoms with Gasteiger partial charge in [-0.25, -0.2) is 4.79 Å². The number of amides is 2. The third-order valence-electron chi connectivity index (χ3n) is 6.45. The molecule has 2 amide bonds. The largest absolute Gasteiger partial charge is 0.480 e. The molecule has 0 heterocycles. The highest BCUT2D eigenvalue weighted by Gasteiger charge is 2.24. The van der Waals surface area contributed by atoms with Crippen LogP contribution in [0, 0.1) is 17.8 Å². The first-order valence-corrected chi connectivity index (χ1v) is 12.0. The molecule has 0 spiro atoms. The summed E-state index contributed by atoms with van der Waals surface area (Å²) in [5.41, 5.74) is 0.860. The van der Waals surface area contributed by atoms with Crippen LogP contribution in [0.15, 0.2) is 30.3 Å². The van der Waals surface area contributed by atoms with Crippen molar-refractivity contribution in [1.29, 1.82) is 0 Å². The van der Waals surface area contributed by atoms with Gasteiger partial charge in [0.2, 0.25) is 11.8 Å². The van der Waals surface area contributed by atoms with Gasteiger partial charge in [-0.15, -0.1) is 0 Å². The number of aliphatic carboxylic acids is 1. The molecule has 1 aromatic rings. The molecule has 2 unspecified atom stereocenters. The number of nitrogens with zero attached hydrogens (tertiary/aromatic N) is 1. The van der Waals surface area contributed by atoms with E-state index in [0.717, 1.165) is 24.8 Å². The van der Waals surface area contributed by atoms with Crippen molar-refractivity contribution in [3.63, 3.8) is 0 Å². The molecule has 0 saturated heterocycles. The van der Waals surface area contributed by atoms with Crippen molar-refractivity contribution in [3.8, 4) is 0 Å². The van der Waals surface area contributed by atoms with E-state index in [1.165, 1.54) is 0 Å². The van der Waals surface area contributed by atoms with Gasteiger partial charge in [0.1, 0.15) is 6.04 Å². The van der Waals surface area contributed by atoms with E-state index in [9.17, 15) is 19.5 Å². The molecule has 0 aliphatic rings. The van der Waals surface area contributed by atoms with Crippen molar-refractivity contribution in [2.75, 3.05) is 13.1 Å². The molecular weight excluding hydrogens is 404 g/mol. The first-order valence-electron chi connectivity index (χ1n) is 12.0. The van der Waals surface area contributed by atoms with E-state index in [0.29, 0.717) is 37.8 Å². The van der Waals surface area contributed by atoms with Crippen molar-refractivity contribution in [2.24, 2.45) is 17.8 Å². The molecule has 0 radical (unpaired) electrons. The standard InChI is InChI=1S/C26H42N2O4/c1-6-16-28(24(29)14-13-20(4)19(3)7-2)17-15-21(5)25(30)27-23(26(31)32)18-22-11-9-8-10-12-22/h8-12,19-21,23H,6-7,13-18H2,1-5H3,(H,27,30)(H,31,32)/t19-,20?,21?,23-/m0/s1. The minimum atomic E-state index is -1.05. The molecule has 6 nitrogen and oxygen atoms in total. The van der Waals surface area contributed by atoms with E-state index in [4.69, 9.17) is 0 Å². The molecule has 4 atom stereocenters. The van der Waals surface area contributed by atoms with E-state index in [-0.39, 0.29) is 24.2 Å². The van der Waals surface area contributed by atoms with Gasteiger partial charge in [0.15, 0.2) is 0 Å². The number of benzene rings is 1. The van der Waals surface area contributed by atoms with Crippen LogP contribution in [0.2, 0.25) is 0 Å². The number of carboxylic acids is 1. The lowest BCUT2D eigenvalue weighted by Gasteiger charge is -2.25. The van der Waals surface area contributed by atoms with Crippen molar-refractivity contribution in [1.82, 2.24) is 10.2 Å². The highest BCUT2D eigenvalue weighted by Crippen LogP contribution is 2.20. The van der Waals surface area contributed by atoms with Crippen LogP contribution in [0.5, 0.6) is 0 Å². The molecule has 0 aromatic heterocycles. The van der Waals surface area contributed by atoms with Crippen LogP contribution in [0.3, 0.4) is 0 Å². The maximum absolute atomic E-state index is 12.7. The molecule has 180 valence electrons. The minimum absolute atomic E-state index is 0.141. The van der Waals surface area contributed by atoms with Crippen LogP contribution in [0.1, 0.15) is 72.3 Å². The number of hydrogen-bond acceptors (Lipinski definition) is 3. The Morgan fingerprint density at radius 1 is 0.969 bits per heavy atom. The predicted octanol–water partition coefficient (Wildman–Crippen LogP) is 4.53. The third kappa shape index (κ3) is 9.84. The number of rotatable bonds is 15. The smallest absolute Gasteiger partial charge is 0.326 e. The second kappa shape index (κ2) is 14.6. The lowest BCUT2D eigenvalue weighted by molar-refractivity contribution is -0.142. The van der Waals surface area contributed by atoms with Gasteiger partial charge in [0.25, 0.3) is 0 Å². The van der Waals surface area contributed by atoms with Crippen molar-refractivity contribution in [3.05, 3.63) is 35.9 Å². The summed E-state index contributed by atoms with van der Waals surface area (Å²) in [5, 5.41) is 12.2. The molecule has 0 fully saturated rings. The zero-order chi connectivity index (χ0) is 24.1. The van der Waals surface area contributed by atoms with Gasteiger partial charge in [-0.3, -0.25) is 9.59 Å². The zero-order valence-electron chi connectivity index (χ0n) is 20.5. The SMILES string of the molecule is CCCN(CCC(C)C(=O)N[C@@H](Cc1ccccc1)C(=O)O)C(=O)CCC(C)[C@@H](C)CC. The summed E-state index contributed by atoms with van der Waals surface area (Å²) in [7, 11) is 0. The Balaban J connectivity index is 2.59. The number of carbonyl (C=O) groups excluding carboxylic acids is 2. The maximum Gasteiger partial charge on any atom is 0.326 e. The van der Waals surface area contributed by atoms with E-state index < -0.39 is 12.0 Å². The number of carbonyl (C=O) groups is 3. The van der Waals surface area contributed by atoms with Crippen molar-refractivity contribution < 1.29 is 19.5 Å². The second-order valence-electron chi connectivity index (χ2n) is 9.06. The van der Waals surface area contributed by atoms with Gasteiger partial charge in [0, 0.05) is 31.8 Å². The van der Waals surface area contributed by atoms with E-state index in [1.807, 2.05) is 42.2 Å². The Labute approximate surface area is 193 Å². The normalized spacial score (nSPS) is 14.8. The maximum atomic E-state index is 12.7. The molecule has 1 aromatic carbocycles. The Hall–Kier alpha value is -2.37.